The van der Waals surface area contributed by atoms with E-state index >= 15 is 0 Å². The molecule has 148 valence electrons. The summed E-state index contributed by atoms with van der Waals surface area (Å²) in [4.78, 5) is 11.7. The van der Waals surface area contributed by atoms with Gasteiger partial charge in [0.2, 0.25) is 9.84 Å². The Morgan fingerprint density at radius 3 is 2.00 bits per heavy atom. The largest absolute Gasteiger partial charge is 0.355 e. The number of sulfone groups is 1. The molecule has 3 aromatic rings. The molecule has 0 aliphatic carbocycles. The molecule has 0 spiro atoms. The smallest absolute Gasteiger partial charge is 0.251 e. The van der Waals surface area contributed by atoms with Gasteiger partial charge in [0.1, 0.15) is 11.6 Å². The molecule has 0 fully saturated rings. The van der Waals surface area contributed by atoms with Gasteiger partial charge in [-0.05, 0) is 54.1 Å². The van der Waals surface area contributed by atoms with Crippen molar-refractivity contribution in [2.24, 2.45) is 0 Å². The number of rotatable bonds is 5. The standard InChI is InChI=1S/C22H17F2NO3S/c1-25-22(26)17-7-12-20(13-8-17)29(27,28)19-10-3-15(4-11-19)2-5-16-6-9-18(23)14-21(16)24/h2-14H,1H3,(H,25,26)/b5-2+. The van der Waals surface area contributed by atoms with Crippen molar-refractivity contribution < 1.29 is 22.0 Å². The third kappa shape index (κ3) is 4.57. The van der Waals surface area contributed by atoms with Crippen molar-refractivity contribution in [1.29, 1.82) is 0 Å². The van der Waals surface area contributed by atoms with Crippen molar-refractivity contribution in [3.05, 3.63) is 95.1 Å². The maximum atomic E-state index is 13.7. The fraction of sp³-hybridized carbons (Fsp3) is 0.0455. The first-order valence-corrected chi connectivity index (χ1v) is 10.1. The lowest BCUT2D eigenvalue weighted by Gasteiger charge is -2.06. The topological polar surface area (TPSA) is 63.2 Å². The Balaban J connectivity index is 1.81. The van der Waals surface area contributed by atoms with Crippen LogP contribution in [0.1, 0.15) is 21.5 Å². The molecule has 0 saturated heterocycles. The summed E-state index contributed by atoms with van der Waals surface area (Å²) in [5.41, 5.74) is 1.24. The molecule has 29 heavy (non-hydrogen) atoms. The quantitative estimate of drug-likeness (QED) is 0.634. The minimum atomic E-state index is -3.74. The first kappa shape index (κ1) is 20.4. The van der Waals surface area contributed by atoms with E-state index in [-0.39, 0.29) is 21.3 Å². The number of amides is 1. The molecule has 0 atom stereocenters. The van der Waals surface area contributed by atoms with Crippen LogP contribution in [0, 0.1) is 11.6 Å². The van der Waals surface area contributed by atoms with E-state index in [4.69, 9.17) is 0 Å². The summed E-state index contributed by atoms with van der Waals surface area (Å²) in [6.07, 6.45) is 3.08. The Bertz CT molecular complexity index is 1170. The normalized spacial score (nSPS) is 11.6. The van der Waals surface area contributed by atoms with Crippen LogP contribution in [0.15, 0.2) is 76.5 Å². The molecular weight excluding hydrogens is 396 g/mol. The number of carbonyl (C=O) groups excluding carboxylic acids is 1. The Morgan fingerprint density at radius 2 is 1.45 bits per heavy atom. The average molecular weight is 413 g/mol. The molecule has 3 rings (SSSR count). The van der Waals surface area contributed by atoms with E-state index in [1.807, 2.05) is 0 Å². The Labute approximate surface area is 167 Å². The molecular formula is C22H17F2NO3S. The molecule has 4 nitrogen and oxygen atoms in total. The number of hydrogen-bond donors (Lipinski definition) is 1. The summed E-state index contributed by atoms with van der Waals surface area (Å²) < 4.78 is 52.1. The minimum Gasteiger partial charge on any atom is -0.355 e. The van der Waals surface area contributed by atoms with Crippen molar-refractivity contribution in [2.75, 3.05) is 7.05 Å². The van der Waals surface area contributed by atoms with Crippen molar-refractivity contribution in [3.63, 3.8) is 0 Å². The maximum absolute atomic E-state index is 13.7. The Hall–Kier alpha value is -3.32. The van der Waals surface area contributed by atoms with E-state index in [0.29, 0.717) is 11.1 Å². The first-order chi connectivity index (χ1) is 13.8. The Kier molecular flexibility index (Phi) is 5.89. The summed E-state index contributed by atoms with van der Waals surface area (Å²) in [5.74, 6) is -1.64. The summed E-state index contributed by atoms with van der Waals surface area (Å²) in [7, 11) is -2.25. The molecule has 0 saturated carbocycles. The summed E-state index contributed by atoms with van der Waals surface area (Å²) in [5, 5.41) is 2.47. The second kappa shape index (κ2) is 8.36. The Morgan fingerprint density at radius 1 is 0.862 bits per heavy atom. The van der Waals surface area contributed by atoms with Crippen molar-refractivity contribution >= 4 is 27.9 Å². The van der Waals surface area contributed by atoms with Crippen LogP contribution in [-0.4, -0.2) is 21.4 Å². The highest BCUT2D eigenvalue weighted by Gasteiger charge is 2.17. The maximum Gasteiger partial charge on any atom is 0.251 e. The zero-order valence-electron chi connectivity index (χ0n) is 15.4. The predicted molar refractivity (Wildman–Crippen MR) is 107 cm³/mol. The van der Waals surface area contributed by atoms with Gasteiger partial charge in [0.05, 0.1) is 9.79 Å². The van der Waals surface area contributed by atoms with Crippen LogP contribution in [0.4, 0.5) is 8.78 Å². The molecule has 1 N–H and O–H groups in total. The zero-order chi connectivity index (χ0) is 21.0. The molecule has 7 heteroatoms. The number of carbonyl (C=O) groups is 1. The fourth-order valence-electron chi connectivity index (χ4n) is 2.65. The van der Waals surface area contributed by atoms with Crippen molar-refractivity contribution in [3.8, 4) is 0 Å². The SMILES string of the molecule is CNC(=O)c1ccc(S(=O)(=O)c2ccc(/C=C/c3ccc(F)cc3F)cc2)cc1. The van der Waals surface area contributed by atoms with Gasteiger partial charge in [-0.15, -0.1) is 0 Å². The van der Waals surface area contributed by atoms with Crippen molar-refractivity contribution in [1.82, 2.24) is 5.32 Å². The highest BCUT2D eigenvalue weighted by molar-refractivity contribution is 7.91. The van der Waals surface area contributed by atoms with E-state index in [2.05, 4.69) is 5.32 Å². The van der Waals surface area contributed by atoms with Crippen LogP contribution in [0.25, 0.3) is 12.2 Å². The molecule has 1 amide bonds. The van der Waals surface area contributed by atoms with Gasteiger partial charge in [0.25, 0.3) is 5.91 Å². The van der Waals surface area contributed by atoms with E-state index in [0.717, 1.165) is 12.1 Å². The van der Waals surface area contributed by atoms with Gasteiger partial charge in [-0.25, -0.2) is 17.2 Å². The van der Waals surface area contributed by atoms with Gasteiger partial charge in [0, 0.05) is 24.2 Å². The monoisotopic (exact) mass is 413 g/mol. The van der Waals surface area contributed by atoms with Crippen LogP contribution >= 0.6 is 0 Å². The average Bonchev–Trinajstić information content (AvgIpc) is 2.73. The van der Waals surface area contributed by atoms with Crippen molar-refractivity contribution in [2.45, 2.75) is 9.79 Å². The molecule has 0 aliphatic rings. The predicted octanol–water partition coefficient (Wildman–Crippen LogP) is 4.33. The van der Waals surface area contributed by atoms with E-state index < -0.39 is 21.5 Å². The minimum absolute atomic E-state index is 0.0711. The highest BCUT2D eigenvalue weighted by Crippen LogP contribution is 2.22. The van der Waals surface area contributed by atoms with Crippen LogP contribution in [-0.2, 0) is 9.84 Å². The van der Waals surface area contributed by atoms with Crippen LogP contribution in [0.3, 0.4) is 0 Å². The fourth-order valence-corrected chi connectivity index (χ4v) is 3.91. The van der Waals surface area contributed by atoms with Crippen LogP contribution < -0.4 is 5.32 Å². The van der Waals surface area contributed by atoms with Gasteiger partial charge in [-0.3, -0.25) is 4.79 Å². The molecule has 3 aromatic carbocycles. The summed E-state index contributed by atoms with van der Waals surface area (Å²) >= 11 is 0. The second-order valence-electron chi connectivity index (χ2n) is 6.18. The van der Waals surface area contributed by atoms with Gasteiger partial charge in [-0.2, -0.15) is 0 Å². The van der Waals surface area contributed by atoms with Crippen LogP contribution in [0.5, 0.6) is 0 Å². The number of hydrogen-bond acceptors (Lipinski definition) is 3. The lowest BCUT2D eigenvalue weighted by atomic mass is 10.1. The third-order valence-electron chi connectivity index (χ3n) is 4.26. The number of nitrogens with one attached hydrogen (secondary N) is 1. The van der Waals surface area contributed by atoms with Crippen LogP contribution in [0.2, 0.25) is 0 Å². The molecule has 0 radical (unpaired) electrons. The van der Waals surface area contributed by atoms with Gasteiger partial charge in [-0.1, -0.05) is 24.3 Å². The summed E-state index contributed by atoms with van der Waals surface area (Å²) in [6.45, 7) is 0. The van der Waals surface area contributed by atoms with Gasteiger partial charge in [0.15, 0.2) is 0 Å². The van der Waals surface area contributed by atoms with E-state index in [9.17, 15) is 22.0 Å². The zero-order valence-corrected chi connectivity index (χ0v) is 16.2. The molecule has 0 aromatic heterocycles. The van der Waals surface area contributed by atoms with E-state index in [1.54, 1.807) is 18.2 Å². The lowest BCUT2D eigenvalue weighted by molar-refractivity contribution is 0.0963. The molecule has 0 unspecified atom stereocenters. The first-order valence-electron chi connectivity index (χ1n) is 8.62. The molecule has 0 aliphatic heterocycles. The number of halogens is 2. The number of benzene rings is 3. The molecule has 0 heterocycles. The summed E-state index contributed by atoms with van der Waals surface area (Å²) in [6, 6.07) is 15.0. The highest BCUT2D eigenvalue weighted by atomic mass is 32.2. The molecule has 0 bridgehead atoms. The van der Waals surface area contributed by atoms with Gasteiger partial charge >= 0.3 is 0 Å². The third-order valence-corrected chi connectivity index (χ3v) is 6.05. The second-order valence-corrected chi connectivity index (χ2v) is 8.12. The lowest BCUT2D eigenvalue weighted by Crippen LogP contribution is -2.17. The van der Waals surface area contributed by atoms with E-state index in [1.165, 1.54) is 55.6 Å². The van der Waals surface area contributed by atoms with Gasteiger partial charge < -0.3 is 5.32 Å².